The van der Waals surface area contributed by atoms with E-state index in [0.717, 1.165) is 0 Å². The number of benzene rings is 1. The molecule has 0 saturated heterocycles. The van der Waals surface area contributed by atoms with E-state index in [9.17, 15) is 0 Å². The number of hydrogen-bond donors (Lipinski definition) is 1. The summed E-state index contributed by atoms with van der Waals surface area (Å²) in [5.74, 6) is 0. The molecule has 0 amide bonds. The molecule has 0 aliphatic heterocycles. The second-order valence-corrected chi connectivity index (χ2v) is 3.47. The van der Waals surface area contributed by atoms with Crippen LogP contribution in [-0.4, -0.2) is 20.2 Å². The van der Waals surface area contributed by atoms with Gasteiger partial charge in [-0.15, -0.1) is 0 Å². The number of nitrogens with one attached hydrogen (secondary N) is 1. The average Bonchev–Trinajstić information content (AvgIpc) is 2.64. The topological polar surface area (TPSA) is 70.3 Å². The molecule has 0 bridgehead atoms. The summed E-state index contributed by atoms with van der Waals surface area (Å²) < 4.78 is 1.74. The van der Waals surface area contributed by atoms with Gasteiger partial charge >= 0.3 is 0 Å². The third-order valence-electron chi connectivity index (χ3n) is 1.79. The largest absolute Gasteiger partial charge is 0.242 e. The highest BCUT2D eigenvalue weighted by Gasteiger charge is 2.05. The highest BCUT2D eigenvalue weighted by Crippen LogP contribution is 2.20. The van der Waals surface area contributed by atoms with Crippen LogP contribution in [0.3, 0.4) is 0 Å². The van der Waals surface area contributed by atoms with Gasteiger partial charge in [0.05, 0.1) is 22.3 Å². The first-order chi connectivity index (χ1) is 7.22. The zero-order valence-electron chi connectivity index (χ0n) is 7.31. The van der Waals surface area contributed by atoms with Crippen molar-refractivity contribution in [1.82, 2.24) is 20.2 Å². The van der Waals surface area contributed by atoms with E-state index in [4.69, 9.17) is 29.1 Å². The summed E-state index contributed by atoms with van der Waals surface area (Å²) in [5.41, 5.74) is 1.11. The van der Waals surface area contributed by atoms with Crippen LogP contribution in [-0.2, 0) is 0 Å². The summed E-state index contributed by atoms with van der Waals surface area (Å²) in [6.07, 6.45) is 0. The molecule has 2 aromatic rings. The van der Waals surface area contributed by atoms with Gasteiger partial charge in [0.25, 0.3) is 0 Å². The lowest BCUT2D eigenvalue weighted by Crippen LogP contribution is -1.98. The van der Waals surface area contributed by atoms with Gasteiger partial charge < -0.3 is 0 Å². The van der Waals surface area contributed by atoms with Gasteiger partial charge in [0.1, 0.15) is 0 Å². The second-order valence-electron chi connectivity index (χ2n) is 2.70. The minimum absolute atomic E-state index is 0.279. The first kappa shape index (κ1) is 9.83. The molecule has 0 saturated carbocycles. The summed E-state index contributed by atoms with van der Waals surface area (Å²) in [7, 11) is 0. The van der Waals surface area contributed by atoms with Gasteiger partial charge in [0.2, 0.25) is 4.77 Å². The van der Waals surface area contributed by atoms with Crippen molar-refractivity contribution >= 4 is 23.8 Å². The number of H-pyrrole nitrogens is 1. The Morgan fingerprint density at radius 1 is 1.53 bits per heavy atom. The number of nitrogens with zero attached hydrogens (tertiary/aromatic N) is 4. The van der Waals surface area contributed by atoms with E-state index < -0.39 is 0 Å². The summed E-state index contributed by atoms with van der Waals surface area (Å²) in [6, 6.07) is 6.87. The molecule has 0 fully saturated rings. The van der Waals surface area contributed by atoms with Crippen molar-refractivity contribution in [2.75, 3.05) is 0 Å². The van der Waals surface area contributed by atoms with Gasteiger partial charge in [0, 0.05) is 0 Å². The zero-order chi connectivity index (χ0) is 10.8. The smallest absolute Gasteiger partial charge is 0.208 e. The number of hydrogen-bond acceptors (Lipinski definition) is 4. The maximum atomic E-state index is 8.67. The van der Waals surface area contributed by atoms with Crippen LogP contribution in [0.15, 0.2) is 18.2 Å². The lowest BCUT2D eigenvalue weighted by Gasteiger charge is -2.02. The predicted molar refractivity (Wildman–Crippen MR) is 56.3 cm³/mol. The number of aromatic amines is 1. The first-order valence-electron chi connectivity index (χ1n) is 3.92. The van der Waals surface area contributed by atoms with Gasteiger partial charge in [-0.05, 0) is 30.4 Å². The van der Waals surface area contributed by atoms with Crippen LogP contribution < -0.4 is 0 Å². The molecule has 1 N–H and O–H groups in total. The minimum Gasteiger partial charge on any atom is -0.208 e. The van der Waals surface area contributed by atoms with Gasteiger partial charge in [-0.25, -0.2) is 4.68 Å². The Bertz CT molecular complexity index is 594. The molecular weight excluding hydrogens is 234 g/mol. The Morgan fingerprint density at radius 3 is 2.87 bits per heavy atom. The molecular formula is C8H4ClN5S. The normalized spacial score (nSPS) is 9.87. The molecule has 5 nitrogen and oxygen atoms in total. The van der Waals surface area contributed by atoms with E-state index in [2.05, 4.69) is 15.5 Å². The maximum absolute atomic E-state index is 8.67. The summed E-state index contributed by atoms with van der Waals surface area (Å²) >= 11 is 10.9. The fraction of sp³-hybridized carbons (Fsp3) is 0. The molecule has 2 rings (SSSR count). The third kappa shape index (κ3) is 1.75. The molecule has 0 aliphatic carbocycles. The Kier molecular flexibility index (Phi) is 2.49. The third-order valence-corrected chi connectivity index (χ3v) is 2.36. The molecule has 1 heterocycles. The lowest BCUT2D eigenvalue weighted by molar-refractivity contribution is 0.786. The van der Waals surface area contributed by atoms with E-state index >= 15 is 0 Å². The van der Waals surface area contributed by atoms with Crippen LogP contribution in [0.2, 0.25) is 5.02 Å². The monoisotopic (exact) mass is 237 g/mol. The van der Waals surface area contributed by atoms with Crippen LogP contribution in [0, 0.1) is 16.1 Å². The first-order valence-corrected chi connectivity index (χ1v) is 4.71. The molecule has 1 aromatic carbocycles. The van der Waals surface area contributed by atoms with Crippen molar-refractivity contribution in [2.45, 2.75) is 0 Å². The van der Waals surface area contributed by atoms with Crippen LogP contribution in [0.4, 0.5) is 0 Å². The predicted octanol–water partition coefficient (Wildman–Crippen LogP) is 1.85. The molecule has 0 atom stereocenters. The van der Waals surface area contributed by atoms with Crippen LogP contribution >= 0.6 is 23.8 Å². The quantitative estimate of drug-likeness (QED) is 0.769. The Morgan fingerprint density at radius 2 is 2.33 bits per heavy atom. The van der Waals surface area contributed by atoms with E-state index in [1.54, 1.807) is 18.2 Å². The van der Waals surface area contributed by atoms with Crippen LogP contribution in [0.5, 0.6) is 0 Å². The second kappa shape index (κ2) is 3.81. The number of halogens is 1. The van der Waals surface area contributed by atoms with Crippen molar-refractivity contribution in [3.8, 4) is 11.8 Å². The standard InChI is InChI=1S/C8H4ClN5S/c9-6-3-5(4-10)1-2-7(6)14-8(15)11-12-13-14/h1-3H,(H,11,13,15). The SMILES string of the molecule is N#Cc1ccc(-n2[nH]nnc2=S)c(Cl)c1. The van der Waals surface area contributed by atoms with Crippen molar-refractivity contribution in [3.63, 3.8) is 0 Å². The molecule has 1 aromatic heterocycles. The van der Waals surface area contributed by atoms with E-state index in [-0.39, 0.29) is 4.77 Å². The van der Waals surface area contributed by atoms with Crippen molar-refractivity contribution in [3.05, 3.63) is 33.6 Å². The fourth-order valence-electron chi connectivity index (χ4n) is 1.11. The summed E-state index contributed by atoms with van der Waals surface area (Å²) in [6.45, 7) is 0. The van der Waals surface area contributed by atoms with Gasteiger partial charge in [0.15, 0.2) is 0 Å². The highest BCUT2D eigenvalue weighted by atomic mass is 35.5. The Balaban J connectivity index is 2.61. The Hall–Kier alpha value is -1.71. The number of rotatable bonds is 1. The number of nitriles is 1. The Labute approximate surface area is 94.9 Å². The highest BCUT2D eigenvalue weighted by molar-refractivity contribution is 7.71. The molecule has 0 unspecified atom stereocenters. The van der Waals surface area contributed by atoms with Crippen molar-refractivity contribution < 1.29 is 0 Å². The summed E-state index contributed by atoms with van der Waals surface area (Å²) in [5, 5.41) is 18.8. The van der Waals surface area contributed by atoms with E-state index in [0.29, 0.717) is 16.3 Å². The van der Waals surface area contributed by atoms with Crippen LogP contribution in [0.1, 0.15) is 5.56 Å². The lowest BCUT2D eigenvalue weighted by atomic mass is 10.2. The number of aromatic nitrogens is 4. The molecule has 74 valence electrons. The minimum atomic E-state index is 0.279. The van der Waals surface area contributed by atoms with E-state index in [1.807, 2.05) is 6.07 Å². The summed E-state index contributed by atoms with van der Waals surface area (Å²) in [4.78, 5) is 0. The maximum Gasteiger partial charge on any atom is 0.242 e. The average molecular weight is 238 g/mol. The fourth-order valence-corrected chi connectivity index (χ4v) is 1.56. The molecule has 7 heteroatoms. The van der Waals surface area contributed by atoms with Crippen LogP contribution in [0.25, 0.3) is 5.69 Å². The molecule has 0 radical (unpaired) electrons. The molecule has 15 heavy (non-hydrogen) atoms. The number of tetrazole rings is 1. The van der Waals surface area contributed by atoms with Gasteiger partial charge in [-0.2, -0.15) is 10.5 Å². The van der Waals surface area contributed by atoms with Crippen molar-refractivity contribution in [1.29, 1.82) is 5.26 Å². The van der Waals surface area contributed by atoms with Gasteiger partial charge in [-0.1, -0.05) is 21.9 Å². The van der Waals surface area contributed by atoms with Gasteiger partial charge in [-0.3, -0.25) is 0 Å². The zero-order valence-corrected chi connectivity index (χ0v) is 8.88. The molecule has 0 aliphatic rings. The van der Waals surface area contributed by atoms with Crippen molar-refractivity contribution in [2.24, 2.45) is 0 Å². The molecule has 0 spiro atoms. The van der Waals surface area contributed by atoms with E-state index in [1.165, 1.54) is 4.68 Å².